The normalized spacial score (nSPS) is 7.46. The number of hydrogen-bond acceptors (Lipinski definition) is 2. The number of hydrogen-bond donors (Lipinski definition) is 1. The second-order valence-corrected chi connectivity index (χ2v) is 2.51. The van der Waals surface area contributed by atoms with Crippen molar-refractivity contribution in [3.8, 4) is 0 Å². The molecular weight excluding hydrogens is 162 g/mol. The maximum absolute atomic E-state index is 9.74. The highest BCUT2D eigenvalue weighted by Crippen LogP contribution is 1.94. The lowest BCUT2D eigenvalue weighted by Gasteiger charge is -1.90. The smallest absolute Gasteiger partial charge is 0.119 e. The van der Waals surface area contributed by atoms with E-state index in [1.165, 1.54) is 6.42 Å². The summed E-state index contributed by atoms with van der Waals surface area (Å²) in [5.41, 5.74) is 5.22. The SMILES string of the molecule is CC.CCC.NCCCCCC=O. The number of aldehydes is 1. The fraction of sp³-hybridized carbons (Fsp3) is 0.909. The number of carbonyl (C=O) groups is 1. The highest BCUT2D eigenvalue weighted by molar-refractivity contribution is 5.48. The van der Waals surface area contributed by atoms with E-state index in [4.69, 9.17) is 5.73 Å². The summed E-state index contributed by atoms with van der Waals surface area (Å²) in [6, 6.07) is 0. The van der Waals surface area contributed by atoms with Gasteiger partial charge in [0.2, 0.25) is 0 Å². The minimum atomic E-state index is 0.694. The average molecular weight is 189 g/mol. The Morgan fingerprint density at radius 2 is 1.54 bits per heavy atom. The molecule has 0 unspecified atom stereocenters. The van der Waals surface area contributed by atoms with Crippen LogP contribution in [0.1, 0.15) is 59.8 Å². The van der Waals surface area contributed by atoms with E-state index >= 15 is 0 Å². The van der Waals surface area contributed by atoms with Crippen molar-refractivity contribution in [2.45, 2.75) is 59.8 Å². The average Bonchev–Trinajstić information content (AvgIpc) is 2.17. The van der Waals surface area contributed by atoms with Gasteiger partial charge in [-0.3, -0.25) is 0 Å². The van der Waals surface area contributed by atoms with Gasteiger partial charge in [0.05, 0.1) is 0 Å². The fourth-order valence-electron chi connectivity index (χ4n) is 0.549. The van der Waals surface area contributed by atoms with Crippen LogP contribution in [0.5, 0.6) is 0 Å². The Hall–Kier alpha value is -0.370. The highest BCUT2D eigenvalue weighted by atomic mass is 16.1. The van der Waals surface area contributed by atoms with Gasteiger partial charge in [0.1, 0.15) is 6.29 Å². The molecule has 0 fully saturated rings. The maximum atomic E-state index is 9.74. The number of nitrogens with two attached hydrogens (primary N) is 1. The molecule has 0 rings (SSSR count). The largest absolute Gasteiger partial charge is 0.330 e. The summed E-state index contributed by atoms with van der Waals surface area (Å²) in [6.45, 7) is 9.00. The minimum Gasteiger partial charge on any atom is -0.330 e. The summed E-state index contributed by atoms with van der Waals surface area (Å²) >= 11 is 0. The van der Waals surface area contributed by atoms with Crippen LogP contribution in [0.3, 0.4) is 0 Å². The second-order valence-electron chi connectivity index (χ2n) is 2.51. The first-order chi connectivity index (χ1) is 6.33. The van der Waals surface area contributed by atoms with E-state index in [1.807, 2.05) is 13.8 Å². The van der Waals surface area contributed by atoms with Crippen molar-refractivity contribution in [1.29, 1.82) is 0 Å². The van der Waals surface area contributed by atoms with Crippen molar-refractivity contribution in [2.75, 3.05) is 6.54 Å². The van der Waals surface area contributed by atoms with E-state index in [-0.39, 0.29) is 0 Å². The molecule has 0 aromatic rings. The summed E-state index contributed by atoms with van der Waals surface area (Å²) in [6.07, 6.45) is 6.04. The molecule has 0 radical (unpaired) electrons. The predicted octanol–water partition coefficient (Wildman–Crippen LogP) is 3.15. The standard InChI is InChI=1S/C6H13NO.C3H8.C2H6/c7-5-3-1-2-4-6-8;1-3-2;1-2/h6H,1-5,7H2;3H2,1-2H3;1-2H3. The van der Waals surface area contributed by atoms with E-state index in [2.05, 4.69) is 13.8 Å². The van der Waals surface area contributed by atoms with Crippen molar-refractivity contribution < 1.29 is 4.79 Å². The van der Waals surface area contributed by atoms with Gasteiger partial charge in [-0.05, 0) is 19.4 Å². The molecule has 82 valence electrons. The van der Waals surface area contributed by atoms with Gasteiger partial charge in [-0.25, -0.2) is 0 Å². The topological polar surface area (TPSA) is 43.1 Å². The van der Waals surface area contributed by atoms with Crippen LogP contribution in [0.15, 0.2) is 0 Å². The van der Waals surface area contributed by atoms with E-state index in [1.54, 1.807) is 0 Å². The third-order valence-corrected chi connectivity index (χ3v) is 1.03. The van der Waals surface area contributed by atoms with Crippen LogP contribution in [-0.4, -0.2) is 12.8 Å². The Kier molecular flexibility index (Phi) is 42.4. The minimum absolute atomic E-state index is 0.694. The molecule has 0 heterocycles. The monoisotopic (exact) mass is 189 g/mol. The molecule has 0 aromatic carbocycles. The van der Waals surface area contributed by atoms with Gasteiger partial charge in [-0.15, -0.1) is 0 Å². The molecule has 2 heteroatoms. The Balaban J connectivity index is -0.000000169. The van der Waals surface area contributed by atoms with Gasteiger partial charge in [-0.2, -0.15) is 0 Å². The van der Waals surface area contributed by atoms with Gasteiger partial charge in [-0.1, -0.05) is 40.5 Å². The third kappa shape index (κ3) is 50.3. The fourth-order valence-corrected chi connectivity index (χ4v) is 0.549. The molecule has 0 aromatic heterocycles. The summed E-state index contributed by atoms with van der Waals surface area (Å²) in [7, 11) is 0. The zero-order valence-electron chi connectivity index (χ0n) is 9.81. The molecule has 0 bridgehead atoms. The Bertz CT molecular complexity index is 65.1. The highest BCUT2D eigenvalue weighted by Gasteiger charge is 1.83. The Morgan fingerprint density at radius 1 is 1.08 bits per heavy atom. The first kappa shape index (κ1) is 18.4. The molecule has 13 heavy (non-hydrogen) atoms. The summed E-state index contributed by atoms with van der Waals surface area (Å²) in [5.74, 6) is 0. The second kappa shape index (κ2) is 29.9. The third-order valence-electron chi connectivity index (χ3n) is 1.03. The molecule has 0 aliphatic carbocycles. The molecule has 0 aliphatic rings. The van der Waals surface area contributed by atoms with Gasteiger partial charge in [0.15, 0.2) is 0 Å². The van der Waals surface area contributed by atoms with Gasteiger partial charge in [0, 0.05) is 6.42 Å². The zero-order chi connectivity index (χ0) is 10.9. The Labute approximate surface area is 83.9 Å². The van der Waals surface area contributed by atoms with E-state index in [0.29, 0.717) is 6.42 Å². The quantitative estimate of drug-likeness (QED) is 0.533. The number of carbonyl (C=O) groups excluding carboxylic acids is 1. The molecular formula is C11H27NO. The van der Waals surface area contributed by atoms with Crippen LogP contribution in [-0.2, 0) is 4.79 Å². The van der Waals surface area contributed by atoms with E-state index < -0.39 is 0 Å². The van der Waals surface area contributed by atoms with E-state index in [9.17, 15) is 4.79 Å². The number of unbranched alkanes of at least 4 members (excludes halogenated alkanes) is 3. The molecule has 0 saturated carbocycles. The molecule has 0 spiro atoms. The molecule has 2 N–H and O–H groups in total. The molecule has 2 nitrogen and oxygen atoms in total. The predicted molar refractivity (Wildman–Crippen MR) is 60.9 cm³/mol. The van der Waals surface area contributed by atoms with Gasteiger partial charge in [0.25, 0.3) is 0 Å². The maximum Gasteiger partial charge on any atom is 0.119 e. The van der Waals surface area contributed by atoms with Crippen molar-refractivity contribution in [3.63, 3.8) is 0 Å². The molecule has 0 amide bonds. The van der Waals surface area contributed by atoms with E-state index in [0.717, 1.165) is 32.1 Å². The molecule has 0 saturated heterocycles. The Morgan fingerprint density at radius 3 is 1.85 bits per heavy atom. The summed E-state index contributed by atoms with van der Waals surface area (Å²) < 4.78 is 0. The molecule has 0 aliphatic heterocycles. The first-order valence-electron chi connectivity index (χ1n) is 5.47. The van der Waals surface area contributed by atoms with Crippen LogP contribution in [0.4, 0.5) is 0 Å². The summed E-state index contributed by atoms with van der Waals surface area (Å²) in [5, 5.41) is 0. The lowest BCUT2D eigenvalue weighted by molar-refractivity contribution is -0.107. The van der Waals surface area contributed by atoms with Crippen LogP contribution < -0.4 is 5.73 Å². The van der Waals surface area contributed by atoms with Crippen molar-refractivity contribution in [2.24, 2.45) is 5.73 Å². The van der Waals surface area contributed by atoms with Crippen molar-refractivity contribution >= 4 is 6.29 Å². The van der Waals surface area contributed by atoms with Crippen molar-refractivity contribution in [1.82, 2.24) is 0 Å². The van der Waals surface area contributed by atoms with Crippen LogP contribution in [0.25, 0.3) is 0 Å². The van der Waals surface area contributed by atoms with Gasteiger partial charge < -0.3 is 10.5 Å². The van der Waals surface area contributed by atoms with Crippen LogP contribution in [0, 0.1) is 0 Å². The first-order valence-corrected chi connectivity index (χ1v) is 5.47. The lowest BCUT2D eigenvalue weighted by atomic mass is 10.2. The van der Waals surface area contributed by atoms with Crippen LogP contribution in [0.2, 0.25) is 0 Å². The summed E-state index contributed by atoms with van der Waals surface area (Å²) in [4.78, 5) is 9.74. The lowest BCUT2D eigenvalue weighted by Crippen LogP contribution is -1.97. The zero-order valence-corrected chi connectivity index (χ0v) is 9.81. The van der Waals surface area contributed by atoms with Crippen molar-refractivity contribution in [3.05, 3.63) is 0 Å². The molecule has 0 atom stereocenters. The number of rotatable bonds is 5. The van der Waals surface area contributed by atoms with Gasteiger partial charge >= 0.3 is 0 Å². The van der Waals surface area contributed by atoms with Crippen LogP contribution >= 0.6 is 0 Å².